The number of nitrogens with one attached hydrogen (secondary N) is 1. The Morgan fingerprint density at radius 2 is 2.00 bits per heavy atom. The number of nitrogens with zero attached hydrogens (tertiary/aromatic N) is 1. The van der Waals surface area contributed by atoms with Crippen LogP contribution >= 0.6 is 0 Å². The number of alkyl halides is 2. The number of benzene rings is 2. The number of anilines is 1. The standard InChI is InChI=1S/C21H21F3N2O3.C2H6/c1-28-18-8-14(12-3-2-4-13(7-12)21(23)24)15(22)9-17(18)26-16-5-6-25-10-19(16)29-11-20(26)27;1-2/h2-4,7-9,16,19,21,25H,5-6,10-11H2,1H3;1-2H3. The average molecular weight is 436 g/mol. The lowest BCUT2D eigenvalue weighted by atomic mass is 9.97. The number of hydrogen-bond acceptors (Lipinski definition) is 4. The summed E-state index contributed by atoms with van der Waals surface area (Å²) < 4.78 is 52.2. The third kappa shape index (κ3) is 4.70. The number of carbonyl (C=O) groups excluding carboxylic acids is 1. The van der Waals surface area contributed by atoms with Gasteiger partial charge in [-0.05, 0) is 30.7 Å². The number of amides is 1. The molecule has 2 heterocycles. The topological polar surface area (TPSA) is 50.8 Å². The van der Waals surface area contributed by atoms with Crippen LogP contribution in [0, 0.1) is 5.82 Å². The van der Waals surface area contributed by atoms with Crippen molar-refractivity contribution in [1.29, 1.82) is 0 Å². The van der Waals surface area contributed by atoms with Crippen LogP contribution in [0.5, 0.6) is 5.75 Å². The van der Waals surface area contributed by atoms with E-state index in [2.05, 4.69) is 5.32 Å². The van der Waals surface area contributed by atoms with Crippen molar-refractivity contribution in [2.45, 2.75) is 38.8 Å². The molecule has 0 radical (unpaired) electrons. The van der Waals surface area contributed by atoms with Crippen LogP contribution in [0.25, 0.3) is 11.1 Å². The minimum absolute atomic E-state index is 0.0915. The van der Waals surface area contributed by atoms with Gasteiger partial charge >= 0.3 is 0 Å². The fourth-order valence-electron chi connectivity index (χ4n) is 3.99. The highest BCUT2D eigenvalue weighted by molar-refractivity contribution is 5.97. The number of carbonyl (C=O) groups is 1. The van der Waals surface area contributed by atoms with Crippen LogP contribution in [0.2, 0.25) is 0 Å². The maximum atomic E-state index is 15.1. The van der Waals surface area contributed by atoms with E-state index in [9.17, 15) is 13.6 Å². The molecule has 2 aliphatic rings. The van der Waals surface area contributed by atoms with E-state index in [0.29, 0.717) is 30.0 Å². The molecule has 0 saturated carbocycles. The minimum Gasteiger partial charge on any atom is -0.495 e. The van der Waals surface area contributed by atoms with Crippen molar-refractivity contribution in [1.82, 2.24) is 5.32 Å². The Bertz CT molecular complexity index is 923. The van der Waals surface area contributed by atoms with Crippen LogP contribution in [-0.2, 0) is 9.53 Å². The highest BCUT2D eigenvalue weighted by Crippen LogP contribution is 2.39. The van der Waals surface area contributed by atoms with Gasteiger partial charge in [0.15, 0.2) is 0 Å². The molecule has 4 rings (SSSR count). The third-order valence-electron chi connectivity index (χ3n) is 5.39. The molecule has 2 aromatic carbocycles. The second kappa shape index (κ2) is 10.2. The second-order valence-electron chi connectivity index (χ2n) is 7.10. The Balaban J connectivity index is 0.00000132. The van der Waals surface area contributed by atoms with Gasteiger partial charge in [0.05, 0.1) is 24.9 Å². The predicted octanol–water partition coefficient (Wildman–Crippen LogP) is 4.56. The van der Waals surface area contributed by atoms with Crippen LogP contribution in [0.1, 0.15) is 32.3 Å². The lowest BCUT2D eigenvalue weighted by Crippen LogP contribution is -2.61. The van der Waals surface area contributed by atoms with Crippen molar-refractivity contribution in [2.24, 2.45) is 0 Å². The van der Waals surface area contributed by atoms with Gasteiger partial charge in [-0.15, -0.1) is 0 Å². The van der Waals surface area contributed by atoms with Crippen LogP contribution < -0.4 is 15.0 Å². The zero-order valence-electron chi connectivity index (χ0n) is 17.8. The summed E-state index contributed by atoms with van der Waals surface area (Å²) in [6.07, 6.45) is -2.17. The summed E-state index contributed by atoms with van der Waals surface area (Å²) in [4.78, 5) is 14.2. The zero-order valence-corrected chi connectivity index (χ0v) is 17.8. The van der Waals surface area contributed by atoms with Crippen molar-refractivity contribution >= 4 is 11.6 Å². The Morgan fingerprint density at radius 3 is 2.71 bits per heavy atom. The molecule has 1 N–H and O–H groups in total. The number of halogens is 3. The first-order valence-corrected chi connectivity index (χ1v) is 10.4. The molecule has 0 bridgehead atoms. The van der Waals surface area contributed by atoms with Crippen LogP contribution in [0.15, 0.2) is 36.4 Å². The number of hydrogen-bond donors (Lipinski definition) is 1. The first-order chi connectivity index (χ1) is 15.0. The first kappa shape index (κ1) is 23.1. The minimum atomic E-state index is -2.65. The van der Waals surface area contributed by atoms with Crippen molar-refractivity contribution < 1.29 is 27.4 Å². The van der Waals surface area contributed by atoms with Crippen molar-refractivity contribution in [2.75, 3.05) is 31.7 Å². The fraction of sp³-hybridized carbons (Fsp3) is 0.435. The van der Waals surface area contributed by atoms with Gasteiger partial charge in [-0.2, -0.15) is 0 Å². The number of ether oxygens (including phenoxy) is 2. The van der Waals surface area contributed by atoms with Gasteiger partial charge in [-0.3, -0.25) is 4.79 Å². The maximum Gasteiger partial charge on any atom is 0.263 e. The molecule has 0 aliphatic carbocycles. The van der Waals surface area contributed by atoms with Gasteiger partial charge in [-0.25, -0.2) is 13.2 Å². The Hall–Kier alpha value is -2.58. The summed E-state index contributed by atoms with van der Waals surface area (Å²) >= 11 is 0. The second-order valence-corrected chi connectivity index (χ2v) is 7.10. The van der Waals surface area contributed by atoms with E-state index < -0.39 is 12.2 Å². The van der Waals surface area contributed by atoms with Gasteiger partial charge in [0, 0.05) is 23.7 Å². The predicted molar refractivity (Wildman–Crippen MR) is 113 cm³/mol. The molecule has 5 nitrogen and oxygen atoms in total. The number of morpholine rings is 1. The lowest BCUT2D eigenvalue weighted by Gasteiger charge is -2.44. The number of methoxy groups -OCH3 is 1. The van der Waals surface area contributed by atoms with Crippen molar-refractivity contribution in [3.8, 4) is 16.9 Å². The quantitative estimate of drug-likeness (QED) is 0.764. The number of piperidine rings is 1. The molecule has 0 aromatic heterocycles. The third-order valence-corrected chi connectivity index (χ3v) is 5.39. The molecule has 168 valence electrons. The van der Waals surface area contributed by atoms with Crippen molar-refractivity contribution in [3.63, 3.8) is 0 Å². The molecule has 2 aromatic rings. The molecule has 2 unspecified atom stereocenters. The molecule has 8 heteroatoms. The summed E-state index contributed by atoms with van der Waals surface area (Å²) in [6, 6.07) is 8.04. The van der Waals surface area contributed by atoms with Crippen molar-refractivity contribution in [3.05, 3.63) is 47.8 Å². The lowest BCUT2D eigenvalue weighted by molar-refractivity contribution is -0.133. The van der Waals surface area contributed by atoms with Crippen LogP contribution in [0.3, 0.4) is 0 Å². The summed E-state index contributed by atoms with van der Waals surface area (Å²) in [6.45, 7) is 5.24. The van der Waals surface area contributed by atoms with Gasteiger partial charge < -0.3 is 19.7 Å². The summed E-state index contributed by atoms with van der Waals surface area (Å²) in [5, 5.41) is 3.23. The Morgan fingerprint density at radius 1 is 1.23 bits per heavy atom. The van der Waals surface area contributed by atoms with E-state index in [1.807, 2.05) is 13.8 Å². The largest absolute Gasteiger partial charge is 0.495 e. The average Bonchev–Trinajstić information content (AvgIpc) is 2.80. The van der Waals surface area contributed by atoms with E-state index in [0.717, 1.165) is 6.54 Å². The van der Waals surface area contributed by atoms with E-state index in [1.54, 1.807) is 11.0 Å². The maximum absolute atomic E-state index is 15.1. The Kier molecular flexibility index (Phi) is 7.56. The Labute approximate surface area is 180 Å². The molecule has 2 saturated heterocycles. The normalized spacial score (nSPS) is 20.7. The van der Waals surface area contributed by atoms with E-state index in [-0.39, 0.29) is 35.8 Å². The van der Waals surface area contributed by atoms with Gasteiger partial charge in [0.2, 0.25) is 0 Å². The molecule has 1 amide bonds. The number of fused-ring (bicyclic) bond motifs is 1. The van der Waals surface area contributed by atoms with E-state index in [1.165, 1.54) is 37.4 Å². The molecule has 2 fully saturated rings. The summed E-state index contributed by atoms with van der Waals surface area (Å²) in [5.74, 6) is -0.577. The summed E-state index contributed by atoms with van der Waals surface area (Å²) in [7, 11) is 1.43. The SMILES string of the molecule is CC.COc1cc(-c2cccc(C(F)F)c2)c(F)cc1N1C(=O)COC2CNCCC21. The molecule has 31 heavy (non-hydrogen) atoms. The molecule has 2 aliphatic heterocycles. The van der Waals surface area contributed by atoms with Crippen LogP contribution in [-0.4, -0.2) is 44.9 Å². The summed E-state index contributed by atoms with van der Waals surface area (Å²) in [5.41, 5.74) is 0.587. The molecule has 2 atom stereocenters. The molecular formula is C23H27F3N2O3. The van der Waals surface area contributed by atoms with E-state index >= 15 is 4.39 Å². The van der Waals surface area contributed by atoms with Gasteiger partial charge in [0.25, 0.3) is 12.3 Å². The monoisotopic (exact) mass is 436 g/mol. The van der Waals surface area contributed by atoms with E-state index in [4.69, 9.17) is 9.47 Å². The molecular weight excluding hydrogens is 409 g/mol. The van der Waals surface area contributed by atoms with Crippen LogP contribution in [0.4, 0.5) is 18.9 Å². The highest BCUT2D eigenvalue weighted by atomic mass is 19.3. The molecule has 0 spiro atoms. The zero-order chi connectivity index (χ0) is 22.5. The van der Waals surface area contributed by atoms with Gasteiger partial charge in [0.1, 0.15) is 18.2 Å². The fourth-order valence-corrected chi connectivity index (χ4v) is 3.99. The number of rotatable bonds is 4. The first-order valence-electron chi connectivity index (χ1n) is 10.4. The smallest absolute Gasteiger partial charge is 0.263 e. The van der Waals surface area contributed by atoms with Gasteiger partial charge in [-0.1, -0.05) is 32.0 Å². The highest BCUT2D eigenvalue weighted by Gasteiger charge is 2.40.